The van der Waals surface area contributed by atoms with E-state index in [9.17, 15) is 5.11 Å². The summed E-state index contributed by atoms with van der Waals surface area (Å²) >= 11 is 0. The Morgan fingerprint density at radius 2 is 1.50 bits per heavy atom. The van der Waals surface area contributed by atoms with Gasteiger partial charge < -0.3 is 5.11 Å². The Bertz CT molecular complexity index is 289. The van der Waals surface area contributed by atoms with E-state index in [-0.39, 0.29) is 5.41 Å². The van der Waals surface area contributed by atoms with E-state index >= 15 is 0 Å². The van der Waals surface area contributed by atoms with Crippen LogP contribution in [0, 0.1) is 0 Å². The topological polar surface area (TPSA) is 33.1 Å². The van der Waals surface area contributed by atoms with Crippen LogP contribution in [0.15, 0.2) is 18.5 Å². The first-order valence-electron chi connectivity index (χ1n) is 4.89. The molecular formula is C12H19NO. The number of pyridine rings is 1. The summed E-state index contributed by atoms with van der Waals surface area (Å²) in [7, 11) is 0. The lowest BCUT2D eigenvalue weighted by Gasteiger charge is -2.23. The van der Waals surface area contributed by atoms with Crippen molar-refractivity contribution in [3.05, 3.63) is 29.6 Å². The molecule has 0 aromatic carbocycles. The zero-order valence-corrected chi connectivity index (χ0v) is 9.63. The fourth-order valence-electron chi connectivity index (χ4n) is 1.18. The lowest BCUT2D eigenvalue weighted by Crippen LogP contribution is -2.18. The molecule has 0 spiro atoms. The van der Waals surface area contributed by atoms with Crippen molar-refractivity contribution >= 4 is 0 Å². The summed E-state index contributed by atoms with van der Waals surface area (Å²) in [6.07, 6.45) is 3.57. The quantitative estimate of drug-likeness (QED) is 0.743. The molecule has 14 heavy (non-hydrogen) atoms. The molecule has 0 saturated heterocycles. The molecule has 0 radical (unpaired) electrons. The SMILES string of the molecule is CC(C)(C)c1cncc(C(C)(C)O)c1. The molecule has 1 N–H and O–H groups in total. The molecule has 1 aromatic heterocycles. The Morgan fingerprint density at radius 3 is 1.93 bits per heavy atom. The normalized spacial score (nSPS) is 13.0. The van der Waals surface area contributed by atoms with E-state index in [1.54, 1.807) is 20.0 Å². The number of rotatable bonds is 1. The molecule has 0 unspecified atom stereocenters. The van der Waals surface area contributed by atoms with Gasteiger partial charge in [0.05, 0.1) is 5.60 Å². The fourth-order valence-corrected chi connectivity index (χ4v) is 1.18. The van der Waals surface area contributed by atoms with Crippen LogP contribution >= 0.6 is 0 Å². The lowest BCUT2D eigenvalue weighted by molar-refractivity contribution is 0.0780. The minimum atomic E-state index is -0.811. The molecule has 0 aliphatic carbocycles. The summed E-state index contributed by atoms with van der Waals surface area (Å²) in [5.74, 6) is 0. The minimum Gasteiger partial charge on any atom is -0.386 e. The van der Waals surface area contributed by atoms with Gasteiger partial charge in [0.25, 0.3) is 0 Å². The number of nitrogens with zero attached hydrogens (tertiary/aromatic N) is 1. The van der Waals surface area contributed by atoms with Gasteiger partial charge in [-0.25, -0.2) is 0 Å². The molecular weight excluding hydrogens is 174 g/mol. The molecule has 1 rings (SSSR count). The zero-order valence-electron chi connectivity index (χ0n) is 9.63. The van der Waals surface area contributed by atoms with E-state index < -0.39 is 5.60 Å². The maximum Gasteiger partial charge on any atom is 0.0855 e. The van der Waals surface area contributed by atoms with Gasteiger partial charge in [0.1, 0.15) is 0 Å². The van der Waals surface area contributed by atoms with Gasteiger partial charge in [0.15, 0.2) is 0 Å². The van der Waals surface area contributed by atoms with Crippen molar-refractivity contribution in [2.75, 3.05) is 0 Å². The van der Waals surface area contributed by atoms with Gasteiger partial charge in [-0.1, -0.05) is 20.8 Å². The molecule has 0 amide bonds. The largest absolute Gasteiger partial charge is 0.386 e. The summed E-state index contributed by atoms with van der Waals surface area (Å²) < 4.78 is 0. The summed E-state index contributed by atoms with van der Waals surface area (Å²) in [4.78, 5) is 4.16. The molecule has 0 aliphatic heterocycles. The summed E-state index contributed by atoms with van der Waals surface area (Å²) in [6.45, 7) is 9.96. The highest BCUT2D eigenvalue weighted by atomic mass is 16.3. The molecule has 0 saturated carbocycles. The van der Waals surface area contributed by atoms with Gasteiger partial charge in [-0.05, 0) is 30.9 Å². The average molecular weight is 193 g/mol. The summed E-state index contributed by atoms with van der Waals surface area (Å²) in [5, 5.41) is 9.84. The number of hydrogen-bond donors (Lipinski definition) is 1. The first-order valence-corrected chi connectivity index (χ1v) is 4.89. The third-order valence-electron chi connectivity index (χ3n) is 2.31. The molecule has 0 aliphatic rings. The van der Waals surface area contributed by atoms with Gasteiger partial charge in [0.2, 0.25) is 0 Å². The van der Waals surface area contributed by atoms with Crippen LogP contribution in [0.25, 0.3) is 0 Å². The van der Waals surface area contributed by atoms with Crippen LogP contribution in [0.5, 0.6) is 0 Å². The van der Waals surface area contributed by atoms with Crippen molar-refractivity contribution in [3.8, 4) is 0 Å². The minimum absolute atomic E-state index is 0.0776. The van der Waals surface area contributed by atoms with Crippen molar-refractivity contribution in [2.45, 2.75) is 45.6 Å². The van der Waals surface area contributed by atoms with E-state index in [4.69, 9.17) is 0 Å². The second-order valence-corrected chi connectivity index (χ2v) is 5.27. The maximum atomic E-state index is 9.84. The molecule has 2 nitrogen and oxygen atoms in total. The molecule has 78 valence electrons. The van der Waals surface area contributed by atoms with E-state index in [1.807, 2.05) is 12.3 Å². The summed E-state index contributed by atoms with van der Waals surface area (Å²) in [5.41, 5.74) is 1.28. The van der Waals surface area contributed by atoms with Crippen molar-refractivity contribution < 1.29 is 5.11 Å². The Kier molecular flexibility index (Phi) is 2.68. The second-order valence-electron chi connectivity index (χ2n) is 5.27. The van der Waals surface area contributed by atoms with Crippen LogP contribution in [0.4, 0.5) is 0 Å². The number of hydrogen-bond acceptors (Lipinski definition) is 2. The standard InChI is InChI=1S/C12H19NO/c1-11(2,3)9-6-10(8-13-7-9)12(4,5)14/h6-8,14H,1-5H3. The Morgan fingerprint density at radius 1 is 1.00 bits per heavy atom. The van der Waals surface area contributed by atoms with Gasteiger partial charge in [0, 0.05) is 18.0 Å². The van der Waals surface area contributed by atoms with Crippen molar-refractivity contribution in [2.24, 2.45) is 0 Å². The van der Waals surface area contributed by atoms with Crippen molar-refractivity contribution in [1.82, 2.24) is 4.98 Å². The predicted octanol–water partition coefficient (Wildman–Crippen LogP) is 2.61. The second kappa shape index (κ2) is 3.35. The van der Waals surface area contributed by atoms with Crippen LogP contribution in [-0.4, -0.2) is 10.1 Å². The third-order valence-corrected chi connectivity index (χ3v) is 2.31. The first kappa shape index (κ1) is 11.2. The van der Waals surface area contributed by atoms with E-state index in [1.165, 1.54) is 0 Å². The van der Waals surface area contributed by atoms with Gasteiger partial charge in [-0.3, -0.25) is 4.98 Å². The van der Waals surface area contributed by atoms with E-state index in [2.05, 4.69) is 25.8 Å². The number of aliphatic hydroxyl groups is 1. The zero-order chi connectivity index (χ0) is 11.0. The number of aromatic nitrogens is 1. The molecule has 1 aromatic rings. The highest BCUT2D eigenvalue weighted by Gasteiger charge is 2.20. The van der Waals surface area contributed by atoms with Crippen LogP contribution in [0.3, 0.4) is 0 Å². The average Bonchev–Trinajstić information content (AvgIpc) is 2.01. The Balaban J connectivity index is 3.15. The van der Waals surface area contributed by atoms with Crippen molar-refractivity contribution in [1.29, 1.82) is 0 Å². The summed E-state index contributed by atoms with van der Waals surface area (Å²) in [6, 6.07) is 2.02. The lowest BCUT2D eigenvalue weighted by atomic mass is 9.86. The molecule has 1 heterocycles. The Hall–Kier alpha value is -0.890. The van der Waals surface area contributed by atoms with Crippen molar-refractivity contribution in [3.63, 3.8) is 0 Å². The molecule has 0 atom stereocenters. The van der Waals surface area contributed by atoms with Crippen LogP contribution in [0.1, 0.15) is 45.7 Å². The molecule has 2 heteroatoms. The Labute approximate surface area is 86.0 Å². The fraction of sp³-hybridized carbons (Fsp3) is 0.583. The third kappa shape index (κ3) is 2.55. The van der Waals surface area contributed by atoms with Gasteiger partial charge in [-0.15, -0.1) is 0 Å². The van der Waals surface area contributed by atoms with Crippen LogP contribution in [0.2, 0.25) is 0 Å². The molecule has 0 bridgehead atoms. The van der Waals surface area contributed by atoms with Gasteiger partial charge >= 0.3 is 0 Å². The van der Waals surface area contributed by atoms with E-state index in [0.29, 0.717) is 0 Å². The maximum absolute atomic E-state index is 9.84. The van der Waals surface area contributed by atoms with Crippen LogP contribution in [-0.2, 0) is 11.0 Å². The first-order chi connectivity index (χ1) is 6.21. The van der Waals surface area contributed by atoms with Gasteiger partial charge in [-0.2, -0.15) is 0 Å². The monoisotopic (exact) mass is 193 g/mol. The smallest absolute Gasteiger partial charge is 0.0855 e. The molecule has 0 fully saturated rings. The van der Waals surface area contributed by atoms with E-state index in [0.717, 1.165) is 11.1 Å². The highest BCUT2D eigenvalue weighted by molar-refractivity contribution is 5.27. The highest BCUT2D eigenvalue weighted by Crippen LogP contribution is 2.26. The van der Waals surface area contributed by atoms with Crippen LogP contribution < -0.4 is 0 Å². The predicted molar refractivity (Wildman–Crippen MR) is 58.2 cm³/mol.